The van der Waals surface area contributed by atoms with Gasteiger partial charge in [-0.05, 0) is 55.3 Å². The number of benzene rings is 1. The number of amides is 2. The summed E-state index contributed by atoms with van der Waals surface area (Å²) in [6.07, 6.45) is 0. The molecule has 0 saturated carbocycles. The maximum absolute atomic E-state index is 13.2. The van der Waals surface area contributed by atoms with Gasteiger partial charge < -0.3 is 15.8 Å². The zero-order valence-corrected chi connectivity index (χ0v) is 17.5. The van der Waals surface area contributed by atoms with Crippen LogP contribution in [0.25, 0.3) is 5.57 Å². The minimum absolute atomic E-state index is 0.00197. The SMILES string of the molecule is CC1=C(c2ccsc2)C(=O)N(C(C)(C)C(=O)Nc2cc(Cl)ccc2CN)CO1. The van der Waals surface area contributed by atoms with Crippen LogP contribution < -0.4 is 11.1 Å². The molecule has 8 heteroatoms. The average Bonchev–Trinajstić information content (AvgIpc) is 3.16. The van der Waals surface area contributed by atoms with E-state index in [1.165, 1.54) is 16.2 Å². The molecule has 3 rings (SSSR count). The summed E-state index contributed by atoms with van der Waals surface area (Å²) in [4.78, 5) is 27.7. The first-order valence-electron chi connectivity index (χ1n) is 8.74. The first-order valence-corrected chi connectivity index (χ1v) is 10.1. The van der Waals surface area contributed by atoms with E-state index in [-0.39, 0.29) is 25.1 Å². The molecule has 2 amide bonds. The predicted molar refractivity (Wildman–Crippen MR) is 112 cm³/mol. The number of nitrogens with one attached hydrogen (secondary N) is 1. The third kappa shape index (κ3) is 3.78. The van der Waals surface area contributed by atoms with E-state index in [1.807, 2.05) is 16.8 Å². The van der Waals surface area contributed by atoms with Gasteiger partial charge in [0.1, 0.15) is 11.3 Å². The molecule has 1 aromatic carbocycles. The maximum Gasteiger partial charge on any atom is 0.261 e. The van der Waals surface area contributed by atoms with Crippen LogP contribution >= 0.6 is 22.9 Å². The quantitative estimate of drug-likeness (QED) is 0.771. The number of nitrogens with zero attached hydrogens (tertiary/aromatic N) is 1. The van der Waals surface area contributed by atoms with Crippen molar-refractivity contribution in [2.75, 3.05) is 12.0 Å². The summed E-state index contributed by atoms with van der Waals surface area (Å²) in [5.74, 6) is -0.0470. The van der Waals surface area contributed by atoms with Crippen LogP contribution in [0, 0.1) is 0 Å². The minimum atomic E-state index is -1.16. The van der Waals surface area contributed by atoms with E-state index in [4.69, 9.17) is 22.1 Å². The first kappa shape index (κ1) is 20.4. The van der Waals surface area contributed by atoms with Gasteiger partial charge in [0.15, 0.2) is 6.73 Å². The van der Waals surface area contributed by atoms with Gasteiger partial charge >= 0.3 is 0 Å². The second kappa shape index (κ2) is 7.95. The van der Waals surface area contributed by atoms with Gasteiger partial charge in [0.25, 0.3) is 5.91 Å². The molecule has 0 radical (unpaired) electrons. The van der Waals surface area contributed by atoms with Gasteiger partial charge in [-0.25, -0.2) is 0 Å². The third-order valence-electron chi connectivity index (χ3n) is 4.80. The number of carbonyl (C=O) groups is 2. The summed E-state index contributed by atoms with van der Waals surface area (Å²) >= 11 is 7.55. The molecular formula is C20H22ClN3O3S. The van der Waals surface area contributed by atoms with Crippen molar-refractivity contribution < 1.29 is 14.3 Å². The molecule has 1 aliphatic rings. The molecule has 1 aromatic heterocycles. The van der Waals surface area contributed by atoms with Crippen LogP contribution in [0.2, 0.25) is 5.02 Å². The predicted octanol–water partition coefficient (Wildman–Crippen LogP) is 3.82. The highest BCUT2D eigenvalue weighted by atomic mass is 35.5. The Bertz CT molecular complexity index is 938. The zero-order chi connectivity index (χ0) is 20.5. The fourth-order valence-electron chi connectivity index (χ4n) is 2.97. The molecule has 0 unspecified atom stereocenters. The molecule has 0 atom stereocenters. The van der Waals surface area contributed by atoms with Crippen LogP contribution in [-0.2, 0) is 20.9 Å². The second-order valence-electron chi connectivity index (χ2n) is 6.97. The number of nitrogens with two attached hydrogens (primary N) is 1. The smallest absolute Gasteiger partial charge is 0.261 e. The Morgan fingerprint density at radius 3 is 2.79 bits per heavy atom. The van der Waals surface area contributed by atoms with Gasteiger partial charge in [0.05, 0.1) is 5.57 Å². The first-order chi connectivity index (χ1) is 13.3. The molecule has 2 heterocycles. The van der Waals surface area contributed by atoms with Crippen LogP contribution in [-0.4, -0.2) is 29.0 Å². The molecule has 0 spiro atoms. The van der Waals surface area contributed by atoms with Crippen molar-refractivity contribution >= 4 is 46.0 Å². The number of ether oxygens (including phenoxy) is 1. The summed E-state index contributed by atoms with van der Waals surface area (Å²) in [7, 11) is 0. The van der Waals surface area contributed by atoms with Crippen molar-refractivity contribution in [3.63, 3.8) is 0 Å². The van der Waals surface area contributed by atoms with Gasteiger partial charge in [-0.1, -0.05) is 17.7 Å². The van der Waals surface area contributed by atoms with E-state index in [2.05, 4.69) is 5.32 Å². The lowest BCUT2D eigenvalue weighted by Crippen LogP contribution is -2.57. The number of rotatable bonds is 5. The number of allylic oxidation sites excluding steroid dienone is 1. The molecule has 28 heavy (non-hydrogen) atoms. The van der Waals surface area contributed by atoms with E-state index in [1.54, 1.807) is 39.0 Å². The number of thiophene rings is 1. The molecule has 148 valence electrons. The van der Waals surface area contributed by atoms with Gasteiger partial charge in [-0.2, -0.15) is 11.3 Å². The van der Waals surface area contributed by atoms with E-state index in [0.717, 1.165) is 11.1 Å². The standard InChI is InChI=1S/C20H22ClN3O3S/c1-12-17(14-6-7-28-10-14)18(25)24(11-27-12)20(2,3)19(26)23-16-8-15(21)5-4-13(16)9-22/h4-8,10H,9,11,22H2,1-3H3,(H,23,26). The minimum Gasteiger partial charge on any atom is -0.477 e. The molecule has 6 nitrogen and oxygen atoms in total. The highest BCUT2D eigenvalue weighted by molar-refractivity contribution is 7.08. The lowest BCUT2D eigenvalue weighted by Gasteiger charge is -2.40. The largest absolute Gasteiger partial charge is 0.477 e. The van der Waals surface area contributed by atoms with E-state index >= 15 is 0 Å². The van der Waals surface area contributed by atoms with Crippen molar-refractivity contribution in [1.29, 1.82) is 0 Å². The van der Waals surface area contributed by atoms with Crippen LogP contribution in [0.5, 0.6) is 0 Å². The average molecular weight is 420 g/mol. The highest BCUT2D eigenvalue weighted by Crippen LogP contribution is 2.32. The topological polar surface area (TPSA) is 84.7 Å². The molecule has 0 aliphatic carbocycles. The molecule has 1 aliphatic heterocycles. The van der Waals surface area contributed by atoms with Gasteiger partial charge in [0, 0.05) is 22.8 Å². The van der Waals surface area contributed by atoms with Crippen LogP contribution in [0.4, 0.5) is 5.69 Å². The summed E-state index contributed by atoms with van der Waals surface area (Å²) < 4.78 is 5.72. The Morgan fingerprint density at radius 2 is 2.14 bits per heavy atom. The van der Waals surface area contributed by atoms with Gasteiger partial charge in [-0.15, -0.1) is 0 Å². The van der Waals surface area contributed by atoms with Crippen LogP contribution in [0.15, 0.2) is 40.8 Å². The normalized spacial score (nSPS) is 14.9. The fourth-order valence-corrected chi connectivity index (χ4v) is 3.79. The molecule has 2 aromatic rings. The van der Waals surface area contributed by atoms with Crippen molar-refractivity contribution in [1.82, 2.24) is 4.90 Å². The van der Waals surface area contributed by atoms with Gasteiger partial charge in [0.2, 0.25) is 5.91 Å². The maximum atomic E-state index is 13.2. The van der Waals surface area contributed by atoms with Gasteiger partial charge in [-0.3, -0.25) is 14.5 Å². The number of anilines is 1. The Kier molecular flexibility index (Phi) is 5.79. The second-order valence-corrected chi connectivity index (χ2v) is 8.19. The summed E-state index contributed by atoms with van der Waals surface area (Å²) in [6, 6.07) is 6.99. The molecule has 3 N–H and O–H groups in total. The van der Waals surface area contributed by atoms with Crippen LogP contribution in [0.1, 0.15) is 31.9 Å². The Balaban J connectivity index is 1.87. The van der Waals surface area contributed by atoms with E-state index < -0.39 is 5.54 Å². The lowest BCUT2D eigenvalue weighted by molar-refractivity contribution is -0.147. The Morgan fingerprint density at radius 1 is 1.39 bits per heavy atom. The molecule has 0 fully saturated rings. The molecule has 0 saturated heterocycles. The lowest BCUT2D eigenvalue weighted by atomic mass is 9.97. The Labute approximate surface area is 172 Å². The highest BCUT2D eigenvalue weighted by Gasteiger charge is 2.42. The number of halogens is 1. The molecule has 0 bridgehead atoms. The van der Waals surface area contributed by atoms with Crippen molar-refractivity contribution in [3.8, 4) is 0 Å². The zero-order valence-electron chi connectivity index (χ0n) is 15.9. The van der Waals surface area contributed by atoms with Crippen molar-refractivity contribution in [3.05, 3.63) is 56.9 Å². The summed E-state index contributed by atoms with van der Waals surface area (Å²) in [5.41, 5.74) is 7.14. The van der Waals surface area contributed by atoms with Crippen LogP contribution in [0.3, 0.4) is 0 Å². The molecular weight excluding hydrogens is 398 g/mol. The monoisotopic (exact) mass is 419 g/mol. The number of hydrogen-bond donors (Lipinski definition) is 2. The van der Waals surface area contributed by atoms with Crippen molar-refractivity contribution in [2.45, 2.75) is 32.9 Å². The summed E-state index contributed by atoms with van der Waals surface area (Å²) in [5, 5.41) is 7.12. The van der Waals surface area contributed by atoms with Crippen molar-refractivity contribution in [2.24, 2.45) is 5.73 Å². The Hall–Kier alpha value is -2.35. The fraction of sp³-hybridized carbons (Fsp3) is 0.300. The number of hydrogen-bond acceptors (Lipinski definition) is 5. The third-order valence-corrected chi connectivity index (χ3v) is 5.72. The summed E-state index contributed by atoms with van der Waals surface area (Å²) in [6.45, 7) is 5.38. The van der Waals surface area contributed by atoms with E-state index in [0.29, 0.717) is 22.0 Å². The number of carbonyl (C=O) groups excluding carboxylic acids is 2. The van der Waals surface area contributed by atoms with E-state index in [9.17, 15) is 9.59 Å².